The molecule has 3 aliphatic rings. The van der Waals surface area contributed by atoms with E-state index in [1.807, 2.05) is 0 Å². The first kappa shape index (κ1) is 15.3. The highest BCUT2D eigenvalue weighted by molar-refractivity contribution is 7.88. The minimum Gasteiger partial charge on any atom is -0.187 e. The Labute approximate surface area is 136 Å². The van der Waals surface area contributed by atoms with Gasteiger partial charge in [0, 0.05) is 6.21 Å². The minimum absolute atomic E-state index is 0.151. The zero-order chi connectivity index (χ0) is 17.2. The van der Waals surface area contributed by atoms with Gasteiger partial charge in [0.2, 0.25) is 0 Å². The van der Waals surface area contributed by atoms with E-state index in [1.165, 1.54) is 12.3 Å². The highest BCUT2D eigenvalue weighted by Gasteiger charge is 2.46. The standard InChI is InChI=1S/C16H11F3N2O2S/c17-16(18,19)8-11-3-1-2-10-6-12-4-5-13(7-14(10)11)15(12)9-20-24(22,23)21-15/h1-7,9,21H,8H2. The lowest BCUT2D eigenvalue weighted by Gasteiger charge is -2.22. The van der Waals surface area contributed by atoms with Crippen LogP contribution < -0.4 is 4.72 Å². The molecule has 1 aliphatic heterocycles. The molecule has 0 radical (unpaired) electrons. The molecule has 0 amide bonds. The zero-order valence-corrected chi connectivity index (χ0v) is 12.9. The van der Waals surface area contributed by atoms with E-state index in [2.05, 4.69) is 9.12 Å². The van der Waals surface area contributed by atoms with E-state index < -0.39 is 28.3 Å². The van der Waals surface area contributed by atoms with Crippen LogP contribution in [0.25, 0.3) is 12.2 Å². The van der Waals surface area contributed by atoms with Gasteiger partial charge in [0.25, 0.3) is 0 Å². The molecular formula is C16H11F3N2O2S. The Balaban J connectivity index is 1.90. The van der Waals surface area contributed by atoms with Crippen LogP contribution in [0.3, 0.4) is 0 Å². The number of halogens is 3. The third-order valence-electron chi connectivity index (χ3n) is 4.26. The molecule has 1 aromatic rings. The zero-order valence-electron chi connectivity index (χ0n) is 12.1. The fourth-order valence-corrected chi connectivity index (χ4v) is 4.28. The summed E-state index contributed by atoms with van der Waals surface area (Å²) in [5.74, 6) is 0. The minimum atomic E-state index is -4.32. The summed E-state index contributed by atoms with van der Waals surface area (Å²) in [6, 6.07) is 4.71. The Hall–Kier alpha value is -2.19. The lowest BCUT2D eigenvalue weighted by atomic mass is 9.90. The van der Waals surface area contributed by atoms with Gasteiger partial charge >= 0.3 is 16.4 Å². The second-order valence-corrected chi connectivity index (χ2v) is 7.23. The van der Waals surface area contributed by atoms with Gasteiger partial charge < -0.3 is 0 Å². The van der Waals surface area contributed by atoms with Crippen LogP contribution in [-0.2, 0) is 16.6 Å². The van der Waals surface area contributed by atoms with E-state index in [4.69, 9.17) is 0 Å². The molecule has 2 bridgehead atoms. The fourth-order valence-electron chi connectivity index (χ4n) is 3.23. The maximum Gasteiger partial charge on any atom is 0.393 e. The maximum absolute atomic E-state index is 12.8. The van der Waals surface area contributed by atoms with Crippen molar-refractivity contribution in [2.75, 3.05) is 0 Å². The topological polar surface area (TPSA) is 58.5 Å². The number of rotatable bonds is 1. The molecule has 1 N–H and O–H groups in total. The molecule has 8 heteroatoms. The summed E-state index contributed by atoms with van der Waals surface area (Å²) in [5, 5.41) is 0. The van der Waals surface area contributed by atoms with Crippen LogP contribution >= 0.6 is 0 Å². The van der Waals surface area contributed by atoms with Gasteiger partial charge in [0.05, 0.1) is 6.42 Å². The van der Waals surface area contributed by atoms with Gasteiger partial charge in [-0.15, -0.1) is 0 Å². The smallest absolute Gasteiger partial charge is 0.187 e. The van der Waals surface area contributed by atoms with Gasteiger partial charge in [-0.3, -0.25) is 0 Å². The molecule has 124 valence electrons. The normalized spacial score (nSPS) is 26.3. The molecule has 0 aromatic heterocycles. The molecule has 1 unspecified atom stereocenters. The molecule has 0 fully saturated rings. The number of hydrogen-bond donors (Lipinski definition) is 1. The van der Waals surface area contributed by atoms with Crippen molar-refractivity contribution in [3.05, 3.63) is 58.2 Å². The molecule has 0 saturated heterocycles. The van der Waals surface area contributed by atoms with Crippen LogP contribution in [0, 0.1) is 0 Å². The number of nitrogens with one attached hydrogen (secondary N) is 1. The molecular weight excluding hydrogens is 341 g/mol. The van der Waals surface area contributed by atoms with Gasteiger partial charge in [-0.2, -0.15) is 30.7 Å². The van der Waals surface area contributed by atoms with Crippen LogP contribution in [0.2, 0.25) is 0 Å². The van der Waals surface area contributed by atoms with Gasteiger partial charge in [0.1, 0.15) is 5.54 Å². The van der Waals surface area contributed by atoms with E-state index in [0.29, 0.717) is 22.3 Å². The van der Waals surface area contributed by atoms with Gasteiger partial charge in [-0.25, -0.2) is 0 Å². The van der Waals surface area contributed by atoms with Crippen molar-refractivity contribution in [1.29, 1.82) is 0 Å². The molecule has 2 aliphatic carbocycles. The Bertz CT molecular complexity index is 972. The Kier molecular flexibility index (Phi) is 2.99. The third-order valence-corrected chi connectivity index (χ3v) is 5.22. The van der Waals surface area contributed by atoms with Crippen LogP contribution in [0.4, 0.5) is 13.2 Å². The van der Waals surface area contributed by atoms with E-state index >= 15 is 0 Å². The first-order valence-electron chi connectivity index (χ1n) is 7.10. The quantitative estimate of drug-likeness (QED) is 0.845. The lowest BCUT2D eigenvalue weighted by Crippen LogP contribution is -2.44. The fraction of sp³-hybridized carbons (Fsp3) is 0.188. The summed E-state index contributed by atoms with van der Waals surface area (Å²) in [6.45, 7) is 0. The average molecular weight is 352 g/mol. The van der Waals surface area contributed by atoms with Gasteiger partial charge in [-0.05, 0) is 40.0 Å². The molecule has 1 atom stereocenters. The van der Waals surface area contributed by atoms with Crippen molar-refractivity contribution in [2.24, 2.45) is 4.40 Å². The third kappa shape index (κ3) is 2.33. The van der Waals surface area contributed by atoms with Crippen LogP contribution in [-0.4, -0.2) is 26.3 Å². The van der Waals surface area contributed by atoms with Crippen LogP contribution in [0.5, 0.6) is 0 Å². The predicted molar refractivity (Wildman–Crippen MR) is 84.6 cm³/mol. The highest BCUT2D eigenvalue weighted by Crippen LogP contribution is 2.42. The summed E-state index contributed by atoms with van der Waals surface area (Å²) < 4.78 is 67.9. The maximum atomic E-state index is 12.8. The molecule has 4 nitrogen and oxygen atoms in total. The molecule has 1 heterocycles. The van der Waals surface area contributed by atoms with Crippen molar-refractivity contribution in [1.82, 2.24) is 4.72 Å². The summed E-state index contributed by atoms with van der Waals surface area (Å²) in [6.07, 6.45) is 2.65. The van der Waals surface area contributed by atoms with Gasteiger partial charge in [0.15, 0.2) is 0 Å². The van der Waals surface area contributed by atoms with E-state index in [1.54, 1.807) is 36.4 Å². The van der Waals surface area contributed by atoms with Crippen molar-refractivity contribution in [3.63, 3.8) is 0 Å². The van der Waals surface area contributed by atoms with Crippen molar-refractivity contribution in [2.45, 2.75) is 18.1 Å². The first-order chi connectivity index (χ1) is 11.2. The van der Waals surface area contributed by atoms with Crippen LogP contribution in [0.15, 0.2) is 45.9 Å². The summed E-state index contributed by atoms with van der Waals surface area (Å²) in [7, 11) is -3.80. The van der Waals surface area contributed by atoms with Crippen molar-refractivity contribution < 1.29 is 21.6 Å². The van der Waals surface area contributed by atoms with E-state index in [0.717, 1.165) is 0 Å². The molecule has 4 rings (SSSR count). The summed E-state index contributed by atoms with van der Waals surface area (Å²) in [4.78, 5) is 0. The number of benzene rings is 1. The van der Waals surface area contributed by atoms with Crippen LogP contribution in [0.1, 0.15) is 16.7 Å². The van der Waals surface area contributed by atoms with Crippen molar-refractivity contribution in [3.8, 4) is 0 Å². The molecule has 0 saturated carbocycles. The second-order valence-electron chi connectivity index (χ2n) is 5.86. The van der Waals surface area contributed by atoms with E-state index in [-0.39, 0.29) is 5.56 Å². The largest absolute Gasteiger partial charge is 0.393 e. The molecule has 1 aromatic carbocycles. The monoisotopic (exact) mass is 352 g/mol. The number of fused-ring (bicyclic) bond motifs is 1. The second kappa shape index (κ2) is 4.67. The Morgan fingerprint density at radius 1 is 1.12 bits per heavy atom. The summed E-state index contributed by atoms with van der Waals surface area (Å²) >= 11 is 0. The molecule has 24 heavy (non-hydrogen) atoms. The first-order valence-corrected chi connectivity index (χ1v) is 8.54. The van der Waals surface area contributed by atoms with Gasteiger partial charge in [-0.1, -0.05) is 30.4 Å². The number of alkyl halides is 3. The predicted octanol–water partition coefficient (Wildman–Crippen LogP) is 2.80. The summed E-state index contributed by atoms with van der Waals surface area (Å²) in [5.41, 5.74) is 1.26. The number of hydrogen-bond acceptors (Lipinski definition) is 2. The lowest BCUT2D eigenvalue weighted by molar-refractivity contribution is -0.127. The van der Waals surface area contributed by atoms with Crippen molar-refractivity contribution >= 4 is 28.6 Å². The Morgan fingerprint density at radius 2 is 1.83 bits per heavy atom. The highest BCUT2D eigenvalue weighted by atomic mass is 32.2. The Morgan fingerprint density at radius 3 is 2.46 bits per heavy atom. The SMILES string of the molecule is O=S1(=O)N=CC2(N1)C1=Cc3cccc(CC(F)(F)F)c3C=C2C=C1. The molecule has 1 spiro atoms. The van der Waals surface area contributed by atoms with E-state index in [9.17, 15) is 21.6 Å². The number of nitrogens with zero attached hydrogens (tertiary/aromatic N) is 1. The average Bonchev–Trinajstić information content (AvgIpc) is 2.87.